The van der Waals surface area contributed by atoms with E-state index in [1.54, 1.807) is 26.0 Å². The summed E-state index contributed by atoms with van der Waals surface area (Å²) in [5.41, 5.74) is 1.38. The Bertz CT molecular complexity index is 754. The van der Waals surface area contributed by atoms with E-state index in [0.29, 0.717) is 17.6 Å². The summed E-state index contributed by atoms with van der Waals surface area (Å²) in [6, 6.07) is 4.36. The van der Waals surface area contributed by atoms with E-state index >= 15 is 0 Å². The SMILES string of the molecule is CC(C)=CC(=O)OC1C(O)C(CO)OC(OC=CCc2ccc(O)c(O)c2)C1O. The molecule has 29 heavy (non-hydrogen) atoms. The van der Waals surface area contributed by atoms with E-state index in [4.69, 9.17) is 14.2 Å². The molecule has 1 aliphatic rings. The smallest absolute Gasteiger partial charge is 0.331 e. The maximum absolute atomic E-state index is 11.9. The number of aliphatic hydroxyl groups is 3. The Morgan fingerprint density at radius 3 is 2.52 bits per heavy atom. The molecule has 5 atom stereocenters. The molecule has 0 aromatic heterocycles. The van der Waals surface area contributed by atoms with Crippen molar-refractivity contribution in [3.8, 4) is 11.5 Å². The highest BCUT2D eigenvalue weighted by atomic mass is 16.7. The molecule has 0 aliphatic carbocycles. The molecule has 1 fully saturated rings. The first kappa shape index (κ1) is 22.7. The highest BCUT2D eigenvalue weighted by Crippen LogP contribution is 2.26. The summed E-state index contributed by atoms with van der Waals surface area (Å²) in [6.45, 7) is 2.82. The zero-order valence-electron chi connectivity index (χ0n) is 16.1. The van der Waals surface area contributed by atoms with Crippen LogP contribution in [-0.2, 0) is 25.4 Å². The van der Waals surface area contributed by atoms with Gasteiger partial charge in [-0.15, -0.1) is 0 Å². The average Bonchev–Trinajstić information content (AvgIpc) is 2.66. The summed E-state index contributed by atoms with van der Waals surface area (Å²) < 4.78 is 15.8. The van der Waals surface area contributed by atoms with Gasteiger partial charge in [0, 0.05) is 6.08 Å². The van der Waals surface area contributed by atoms with Crippen LogP contribution in [0.3, 0.4) is 0 Å². The van der Waals surface area contributed by atoms with Crippen LogP contribution in [0.25, 0.3) is 0 Å². The molecule has 0 radical (unpaired) electrons. The number of allylic oxidation sites excluding steroid dienone is 2. The Morgan fingerprint density at radius 2 is 1.90 bits per heavy atom. The number of aromatic hydroxyl groups is 2. The average molecular weight is 410 g/mol. The normalized spacial score (nSPS) is 26.9. The molecule has 0 saturated carbocycles. The second kappa shape index (κ2) is 10.3. The van der Waals surface area contributed by atoms with Crippen LogP contribution in [-0.4, -0.2) is 68.8 Å². The second-order valence-electron chi connectivity index (χ2n) is 6.86. The molecule has 2 rings (SSSR count). The first-order valence-corrected chi connectivity index (χ1v) is 9.02. The summed E-state index contributed by atoms with van der Waals surface area (Å²) in [4.78, 5) is 11.9. The third kappa shape index (κ3) is 6.20. The summed E-state index contributed by atoms with van der Waals surface area (Å²) in [6.07, 6.45) is -2.30. The van der Waals surface area contributed by atoms with Crippen molar-refractivity contribution >= 4 is 5.97 Å². The number of hydrogen-bond donors (Lipinski definition) is 5. The monoisotopic (exact) mass is 410 g/mol. The fraction of sp³-hybridized carbons (Fsp3) is 0.450. The molecule has 5 N–H and O–H groups in total. The molecular formula is C20H26O9. The van der Waals surface area contributed by atoms with Crippen LogP contribution >= 0.6 is 0 Å². The topological polar surface area (TPSA) is 146 Å². The van der Waals surface area contributed by atoms with E-state index in [1.807, 2.05) is 0 Å². The molecule has 9 heteroatoms. The standard InChI is InChI=1S/C20H26O9/c1-11(2)8-16(24)29-19-17(25)15(10-21)28-20(18(19)26)27-7-3-4-12-5-6-13(22)14(23)9-12/h3,5-9,15,17-23,25-26H,4,10H2,1-2H3. The number of rotatable bonds is 7. The van der Waals surface area contributed by atoms with Gasteiger partial charge in [-0.2, -0.15) is 0 Å². The second-order valence-corrected chi connectivity index (χ2v) is 6.86. The van der Waals surface area contributed by atoms with Gasteiger partial charge in [0.1, 0.15) is 12.2 Å². The minimum Gasteiger partial charge on any atom is -0.504 e. The Hall–Kier alpha value is -2.59. The van der Waals surface area contributed by atoms with Gasteiger partial charge >= 0.3 is 5.97 Å². The molecule has 1 aliphatic heterocycles. The van der Waals surface area contributed by atoms with Crippen molar-refractivity contribution in [1.82, 2.24) is 0 Å². The van der Waals surface area contributed by atoms with Crippen molar-refractivity contribution < 1.29 is 44.5 Å². The van der Waals surface area contributed by atoms with Gasteiger partial charge in [-0.25, -0.2) is 4.79 Å². The maximum Gasteiger partial charge on any atom is 0.331 e. The quantitative estimate of drug-likeness (QED) is 0.188. The zero-order valence-corrected chi connectivity index (χ0v) is 16.1. The van der Waals surface area contributed by atoms with Crippen LogP contribution < -0.4 is 0 Å². The lowest BCUT2D eigenvalue weighted by Crippen LogP contribution is -2.60. The fourth-order valence-corrected chi connectivity index (χ4v) is 2.72. The highest BCUT2D eigenvalue weighted by molar-refractivity contribution is 5.82. The number of phenolic OH excluding ortho intramolecular Hbond substituents is 2. The van der Waals surface area contributed by atoms with Crippen LogP contribution in [0.1, 0.15) is 19.4 Å². The first-order valence-electron chi connectivity index (χ1n) is 9.02. The number of phenols is 2. The lowest BCUT2D eigenvalue weighted by atomic mass is 9.99. The van der Waals surface area contributed by atoms with Gasteiger partial charge in [0.05, 0.1) is 12.9 Å². The molecule has 5 unspecified atom stereocenters. The molecular weight excluding hydrogens is 384 g/mol. The minimum atomic E-state index is -1.50. The van der Waals surface area contributed by atoms with Crippen molar-refractivity contribution in [1.29, 1.82) is 0 Å². The minimum absolute atomic E-state index is 0.227. The van der Waals surface area contributed by atoms with Gasteiger partial charge in [-0.1, -0.05) is 11.6 Å². The van der Waals surface area contributed by atoms with Crippen LogP contribution in [0, 0.1) is 0 Å². The summed E-state index contributed by atoms with van der Waals surface area (Å²) in [7, 11) is 0. The fourth-order valence-electron chi connectivity index (χ4n) is 2.72. The summed E-state index contributed by atoms with van der Waals surface area (Å²) >= 11 is 0. The summed E-state index contributed by atoms with van der Waals surface area (Å²) in [5, 5.41) is 48.8. The largest absolute Gasteiger partial charge is 0.504 e. The van der Waals surface area contributed by atoms with E-state index in [0.717, 1.165) is 0 Å². The molecule has 160 valence electrons. The van der Waals surface area contributed by atoms with Crippen LogP contribution in [0.4, 0.5) is 0 Å². The maximum atomic E-state index is 11.9. The number of esters is 1. The Balaban J connectivity index is 2.01. The Morgan fingerprint density at radius 1 is 1.17 bits per heavy atom. The van der Waals surface area contributed by atoms with E-state index in [1.165, 1.54) is 24.5 Å². The van der Waals surface area contributed by atoms with E-state index in [-0.39, 0.29) is 11.5 Å². The van der Waals surface area contributed by atoms with Gasteiger partial charge < -0.3 is 39.7 Å². The number of aliphatic hydroxyl groups excluding tert-OH is 3. The lowest BCUT2D eigenvalue weighted by molar-refractivity contribution is -0.290. The first-order chi connectivity index (χ1) is 13.7. The molecule has 0 bridgehead atoms. The van der Waals surface area contributed by atoms with Gasteiger partial charge in [0.15, 0.2) is 23.7 Å². The number of carbonyl (C=O) groups excluding carboxylic acids is 1. The lowest BCUT2D eigenvalue weighted by Gasteiger charge is -2.40. The van der Waals surface area contributed by atoms with E-state index in [2.05, 4.69) is 0 Å². The van der Waals surface area contributed by atoms with Crippen molar-refractivity contribution in [3.05, 3.63) is 47.7 Å². The molecule has 1 saturated heterocycles. The molecule has 1 heterocycles. The zero-order chi connectivity index (χ0) is 21.6. The molecule has 9 nitrogen and oxygen atoms in total. The van der Waals surface area contributed by atoms with Crippen molar-refractivity contribution in [3.63, 3.8) is 0 Å². The molecule has 1 aromatic carbocycles. The number of hydrogen-bond acceptors (Lipinski definition) is 9. The van der Waals surface area contributed by atoms with Gasteiger partial charge in [0.25, 0.3) is 0 Å². The number of ether oxygens (including phenoxy) is 3. The van der Waals surface area contributed by atoms with Gasteiger partial charge in [0.2, 0.25) is 6.29 Å². The van der Waals surface area contributed by atoms with Crippen molar-refractivity contribution in [2.24, 2.45) is 0 Å². The van der Waals surface area contributed by atoms with Crippen molar-refractivity contribution in [2.45, 2.75) is 51.0 Å². The Kier molecular flexibility index (Phi) is 8.03. The summed E-state index contributed by atoms with van der Waals surface area (Å²) in [5.74, 6) is -1.22. The third-order valence-corrected chi connectivity index (χ3v) is 4.18. The number of carbonyl (C=O) groups is 1. The van der Waals surface area contributed by atoms with E-state index in [9.17, 15) is 30.3 Å². The predicted molar refractivity (Wildman–Crippen MR) is 101 cm³/mol. The molecule has 0 amide bonds. The third-order valence-electron chi connectivity index (χ3n) is 4.18. The van der Waals surface area contributed by atoms with E-state index < -0.39 is 43.3 Å². The number of benzene rings is 1. The van der Waals surface area contributed by atoms with Crippen molar-refractivity contribution in [2.75, 3.05) is 6.61 Å². The van der Waals surface area contributed by atoms with Crippen LogP contribution in [0.15, 0.2) is 42.2 Å². The van der Waals surface area contributed by atoms with Crippen LogP contribution in [0.5, 0.6) is 11.5 Å². The molecule has 0 spiro atoms. The predicted octanol–water partition coefficient (Wildman–Crippen LogP) is 0.488. The highest BCUT2D eigenvalue weighted by Gasteiger charge is 2.47. The van der Waals surface area contributed by atoms with Gasteiger partial charge in [-0.3, -0.25) is 0 Å². The van der Waals surface area contributed by atoms with Gasteiger partial charge in [-0.05, 0) is 44.0 Å². The van der Waals surface area contributed by atoms with Crippen LogP contribution in [0.2, 0.25) is 0 Å². The Labute approximate surface area is 168 Å². The molecule has 1 aromatic rings.